The van der Waals surface area contributed by atoms with E-state index in [1.165, 1.54) is 0 Å². The molecule has 8 heteroatoms. The Morgan fingerprint density at radius 3 is 2.56 bits per heavy atom. The van der Waals surface area contributed by atoms with Gasteiger partial charge in [-0.05, 0) is 57.0 Å². The molecule has 0 aromatic heterocycles. The zero-order valence-corrected chi connectivity index (χ0v) is 16.5. The number of nitrogens with zero attached hydrogens (tertiary/aromatic N) is 1. The summed E-state index contributed by atoms with van der Waals surface area (Å²) >= 11 is 0. The molecule has 2 rings (SSSR count). The Labute approximate surface area is 156 Å². The molecule has 1 aliphatic heterocycles. The third kappa shape index (κ3) is 6.49. The molecule has 0 radical (unpaired) electrons. The number of likely N-dealkylation sites (tertiary alicyclic amines) is 1. The maximum atomic E-state index is 12.6. The number of hydrogen-bond acceptors (Lipinski definition) is 4. The Morgan fingerprint density at radius 2 is 1.96 bits per heavy atom. The highest BCUT2D eigenvalue weighted by Crippen LogP contribution is 2.20. The Bertz CT molecular complexity index is 659. The molecule has 2 N–H and O–H groups in total. The quantitative estimate of drug-likeness (QED) is 0.750. The van der Waals surface area contributed by atoms with Gasteiger partial charge in [0.25, 0.3) is 5.91 Å². The van der Waals surface area contributed by atoms with E-state index < -0.39 is 10.0 Å². The number of sulfonamides is 1. The predicted octanol–water partition coefficient (Wildman–Crippen LogP) is 2.33. The standard InChI is InChI=1S/C17H27N3O3S.ClH/c1-3-11-24(22,23)19-16-6-4-5-15(12-16)17(21)20-9-7-14(8-10-20)13-18-2;/h4-6,12,14,18-19H,3,7-11,13H2,1-2H3;1H. The molecule has 25 heavy (non-hydrogen) atoms. The van der Waals surface area contributed by atoms with Crippen LogP contribution in [0.4, 0.5) is 5.69 Å². The van der Waals surface area contributed by atoms with E-state index >= 15 is 0 Å². The van der Waals surface area contributed by atoms with E-state index in [0.717, 1.165) is 32.5 Å². The number of piperidine rings is 1. The zero-order chi connectivity index (χ0) is 17.6. The Balaban J connectivity index is 0.00000312. The van der Waals surface area contributed by atoms with E-state index in [1.54, 1.807) is 24.3 Å². The molecule has 1 aliphatic rings. The van der Waals surface area contributed by atoms with Gasteiger partial charge in [-0.3, -0.25) is 9.52 Å². The van der Waals surface area contributed by atoms with E-state index in [2.05, 4.69) is 10.0 Å². The number of hydrogen-bond donors (Lipinski definition) is 2. The first kappa shape index (κ1) is 21.7. The Hall–Kier alpha value is -1.31. The second-order valence-electron chi connectivity index (χ2n) is 6.29. The number of carbonyl (C=O) groups excluding carboxylic acids is 1. The first-order valence-corrected chi connectivity index (χ1v) is 10.1. The lowest BCUT2D eigenvalue weighted by atomic mass is 9.96. The summed E-state index contributed by atoms with van der Waals surface area (Å²) < 4.78 is 26.3. The van der Waals surface area contributed by atoms with Gasteiger partial charge in [-0.15, -0.1) is 12.4 Å². The molecule has 1 amide bonds. The van der Waals surface area contributed by atoms with Crippen molar-refractivity contribution in [2.45, 2.75) is 26.2 Å². The summed E-state index contributed by atoms with van der Waals surface area (Å²) in [4.78, 5) is 14.5. The van der Waals surface area contributed by atoms with Gasteiger partial charge in [0.1, 0.15) is 0 Å². The van der Waals surface area contributed by atoms with Crippen LogP contribution in [0.5, 0.6) is 0 Å². The predicted molar refractivity (Wildman–Crippen MR) is 104 cm³/mol. The van der Waals surface area contributed by atoms with Crippen molar-refractivity contribution in [3.05, 3.63) is 29.8 Å². The number of amides is 1. The maximum Gasteiger partial charge on any atom is 0.253 e. The fourth-order valence-corrected chi connectivity index (χ4v) is 4.15. The molecule has 1 fully saturated rings. The van der Waals surface area contributed by atoms with Crippen molar-refractivity contribution in [3.63, 3.8) is 0 Å². The van der Waals surface area contributed by atoms with Crippen LogP contribution >= 0.6 is 12.4 Å². The average Bonchev–Trinajstić information content (AvgIpc) is 2.55. The lowest BCUT2D eigenvalue weighted by Crippen LogP contribution is -2.40. The van der Waals surface area contributed by atoms with Gasteiger partial charge in [-0.2, -0.15) is 0 Å². The normalized spacial score (nSPS) is 15.5. The fraction of sp³-hybridized carbons (Fsp3) is 0.588. The molecule has 0 spiro atoms. The van der Waals surface area contributed by atoms with Gasteiger partial charge in [-0.25, -0.2) is 8.42 Å². The van der Waals surface area contributed by atoms with E-state index in [1.807, 2.05) is 18.9 Å². The second kappa shape index (κ2) is 9.99. The van der Waals surface area contributed by atoms with Gasteiger partial charge >= 0.3 is 0 Å². The van der Waals surface area contributed by atoms with Crippen molar-refractivity contribution in [3.8, 4) is 0 Å². The van der Waals surface area contributed by atoms with Crippen molar-refractivity contribution in [1.82, 2.24) is 10.2 Å². The summed E-state index contributed by atoms with van der Waals surface area (Å²) in [6, 6.07) is 6.74. The van der Waals surface area contributed by atoms with Crippen molar-refractivity contribution in [2.24, 2.45) is 5.92 Å². The lowest BCUT2D eigenvalue weighted by molar-refractivity contribution is 0.0691. The van der Waals surface area contributed by atoms with Crippen molar-refractivity contribution < 1.29 is 13.2 Å². The van der Waals surface area contributed by atoms with Crippen LogP contribution in [0.3, 0.4) is 0 Å². The van der Waals surface area contributed by atoms with Crippen molar-refractivity contribution in [1.29, 1.82) is 0 Å². The summed E-state index contributed by atoms with van der Waals surface area (Å²) in [6.45, 7) is 4.29. The monoisotopic (exact) mass is 389 g/mol. The van der Waals surface area contributed by atoms with Crippen LogP contribution in [0.15, 0.2) is 24.3 Å². The second-order valence-corrected chi connectivity index (χ2v) is 8.14. The number of rotatable bonds is 7. The fourth-order valence-electron chi connectivity index (χ4n) is 3.03. The molecule has 1 aromatic rings. The van der Waals surface area contributed by atoms with Crippen LogP contribution in [-0.2, 0) is 10.0 Å². The third-order valence-corrected chi connectivity index (χ3v) is 5.74. The van der Waals surface area contributed by atoms with Crippen molar-refractivity contribution in [2.75, 3.05) is 37.2 Å². The zero-order valence-electron chi connectivity index (χ0n) is 14.8. The molecular weight excluding hydrogens is 362 g/mol. The summed E-state index contributed by atoms with van der Waals surface area (Å²) in [5, 5.41) is 3.18. The van der Waals surface area contributed by atoms with Crippen LogP contribution in [0.2, 0.25) is 0 Å². The van der Waals surface area contributed by atoms with Crippen LogP contribution in [0.25, 0.3) is 0 Å². The minimum Gasteiger partial charge on any atom is -0.339 e. The molecule has 1 aromatic carbocycles. The Kier molecular flexibility index (Phi) is 8.68. The maximum absolute atomic E-state index is 12.6. The SMILES string of the molecule is CCCS(=O)(=O)Nc1cccc(C(=O)N2CCC(CNC)CC2)c1.Cl. The van der Waals surface area contributed by atoms with Gasteiger partial charge in [0.2, 0.25) is 10.0 Å². The minimum atomic E-state index is -3.35. The van der Waals surface area contributed by atoms with Gasteiger partial charge in [0.15, 0.2) is 0 Å². The molecule has 1 saturated heterocycles. The summed E-state index contributed by atoms with van der Waals surface area (Å²) in [5.74, 6) is 0.658. The summed E-state index contributed by atoms with van der Waals surface area (Å²) in [5.41, 5.74) is 0.970. The van der Waals surface area contributed by atoms with E-state index in [-0.39, 0.29) is 24.1 Å². The van der Waals surface area contributed by atoms with Crippen LogP contribution < -0.4 is 10.0 Å². The first-order valence-electron chi connectivity index (χ1n) is 8.49. The molecule has 0 saturated carbocycles. The van der Waals surface area contributed by atoms with Crippen LogP contribution in [-0.4, -0.2) is 51.7 Å². The topological polar surface area (TPSA) is 78.5 Å². The lowest BCUT2D eigenvalue weighted by Gasteiger charge is -2.32. The highest BCUT2D eigenvalue weighted by Gasteiger charge is 2.23. The number of benzene rings is 1. The molecule has 6 nitrogen and oxygen atoms in total. The first-order chi connectivity index (χ1) is 11.4. The number of carbonyl (C=O) groups is 1. The van der Waals surface area contributed by atoms with Gasteiger partial charge in [0, 0.05) is 24.3 Å². The van der Waals surface area contributed by atoms with Crippen LogP contribution in [0.1, 0.15) is 36.5 Å². The summed E-state index contributed by atoms with van der Waals surface area (Å²) in [7, 11) is -1.40. The summed E-state index contributed by atoms with van der Waals surface area (Å²) in [6.07, 6.45) is 2.54. The highest BCUT2D eigenvalue weighted by atomic mass is 35.5. The molecule has 0 bridgehead atoms. The smallest absolute Gasteiger partial charge is 0.253 e. The molecule has 0 aliphatic carbocycles. The van der Waals surface area contributed by atoms with Crippen LogP contribution in [0, 0.1) is 5.92 Å². The average molecular weight is 390 g/mol. The Morgan fingerprint density at radius 1 is 1.28 bits per heavy atom. The third-order valence-electron chi connectivity index (χ3n) is 4.25. The van der Waals surface area contributed by atoms with E-state index in [0.29, 0.717) is 23.6 Å². The van der Waals surface area contributed by atoms with Gasteiger partial charge in [-0.1, -0.05) is 13.0 Å². The molecule has 0 atom stereocenters. The van der Waals surface area contributed by atoms with E-state index in [4.69, 9.17) is 0 Å². The molecule has 0 unspecified atom stereocenters. The van der Waals surface area contributed by atoms with Gasteiger partial charge in [0.05, 0.1) is 5.75 Å². The number of halogens is 1. The number of nitrogens with one attached hydrogen (secondary N) is 2. The molecular formula is C17H28ClN3O3S. The van der Waals surface area contributed by atoms with E-state index in [9.17, 15) is 13.2 Å². The number of anilines is 1. The van der Waals surface area contributed by atoms with Gasteiger partial charge < -0.3 is 10.2 Å². The largest absolute Gasteiger partial charge is 0.339 e. The minimum absolute atomic E-state index is 0. The highest BCUT2D eigenvalue weighted by molar-refractivity contribution is 7.92. The molecule has 1 heterocycles. The molecule has 142 valence electrons. The van der Waals surface area contributed by atoms with Crippen molar-refractivity contribution >= 4 is 34.0 Å².